The lowest BCUT2D eigenvalue weighted by Gasteiger charge is -2.26. The predicted molar refractivity (Wildman–Crippen MR) is 84.4 cm³/mol. The number of benzene rings is 1. The molecule has 0 amide bonds. The van der Waals surface area contributed by atoms with Gasteiger partial charge in [-0.2, -0.15) is 0 Å². The zero-order valence-electron chi connectivity index (χ0n) is 13.3. The summed E-state index contributed by atoms with van der Waals surface area (Å²) in [4.78, 5) is 2.47. The number of para-hydroxylation sites is 1. The molecule has 1 aliphatic heterocycles. The molecule has 0 atom stereocenters. The minimum absolute atomic E-state index is 0.664. The molecule has 0 saturated carbocycles. The molecule has 2 rings (SSSR count). The molecule has 1 fully saturated rings. The van der Waals surface area contributed by atoms with Crippen molar-refractivity contribution in [2.45, 2.75) is 26.7 Å². The molecule has 21 heavy (non-hydrogen) atoms. The van der Waals surface area contributed by atoms with E-state index in [-0.39, 0.29) is 0 Å². The number of nitrogens with zero attached hydrogens (tertiary/aromatic N) is 1. The van der Waals surface area contributed by atoms with E-state index in [1.807, 2.05) is 19.9 Å². The van der Waals surface area contributed by atoms with E-state index in [2.05, 4.69) is 17.0 Å². The van der Waals surface area contributed by atoms with Crippen LogP contribution >= 0.6 is 0 Å². The van der Waals surface area contributed by atoms with E-state index < -0.39 is 0 Å². The first-order valence-electron chi connectivity index (χ1n) is 8.02. The maximum Gasteiger partial charge on any atom is 0.164 e. The van der Waals surface area contributed by atoms with Gasteiger partial charge >= 0.3 is 0 Å². The molecule has 118 valence electrons. The second kappa shape index (κ2) is 8.90. The third kappa shape index (κ3) is 4.90. The molecule has 0 aromatic heterocycles. The van der Waals surface area contributed by atoms with Crippen molar-refractivity contribution >= 4 is 0 Å². The van der Waals surface area contributed by atoms with Gasteiger partial charge in [-0.1, -0.05) is 12.1 Å². The molecule has 4 heteroatoms. The fraction of sp³-hybridized carbons (Fsp3) is 0.647. The minimum atomic E-state index is 0.664. The first kappa shape index (κ1) is 16.1. The van der Waals surface area contributed by atoms with Gasteiger partial charge in [-0.15, -0.1) is 0 Å². The second-order valence-corrected chi connectivity index (χ2v) is 5.17. The van der Waals surface area contributed by atoms with Crippen molar-refractivity contribution in [2.75, 3.05) is 46.1 Å². The van der Waals surface area contributed by atoms with Gasteiger partial charge in [0.15, 0.2) is 11.5 Å². The molecule has 0 bridgehead atoms. The van der Waals surface area contributed by atoms with E-state index in [0.29, 0.717) is 13.2 Å². The summed E-state index contributed by atoms with van der Waals surface area (Å²) in [6, 6.07) is 6.18. The van der Waals surface area contributed by atoms with Gasteiger partial charge in [-0.25, -0.2) is 0 Å². The number of hydrogen-bond acceptors (Lipinski definition) is 4. The highest BCUT2D eigenvalue weighted by atomic mass is 16.5. The molecule has 0 aliphatic carbocycles. The van der Waals surface area contributed by atoms with Gasteiger partial charge in [-0.05, 0) is 44.9 Å². The number of aryl methyl sites for hydroxylation is 1. The van der Waals surface area contributed by atoms with E-state index in [4.69, 9.17) is 14.2 Å². The highest BCUT2D eigenvalue weighted by molar-refractivity contribution is 5.46. The van der Waals surface area contributed by atoms with Gasteiger partial charge in [-0.3, -0.25) is 4.90 Å². The molecule has 1 aliphatic rings. The lowest BCUT2D eigenvalue weighted by Crippen LogP contribution is -2.36. The van der Waals surface area contributed by atoms with Gasteiger partial charge in [0.05, 0.1) is 26.4 Å². The van der Waals surface area contributed by atoms with Crippen LogP contribution in [-0.4, -0.2) is 51.0 Å². The van der Waals surface area contributed by atoms with Crippen molar-refractivity contribution in [1.82, 2.24) is 4.90 Å². The molecule has 0 unspecified atom stereocenters. The topological polar surface area (TPSA) is 30.9 Å². The van der Waals surface area contributed by atoms with E-state index >= 15 is 0 Å². The standard InChI is InChI=1S/C17H27NO3/c1-3-20-16-9-5-7-15(17(16)21-4-2)8-6-10-18-11-13-19-14-12-18/h5,7,9H,3-4,6,8,10-14H2,1-2H3. The van der Waals surface area contributed by atoms with Crippen molar-refractivity contribution in [3.05, 3.63) is 23.8 Å². The molecule has 0 N–H and O–H groups in total. The van der Waals surface area contributed by atoms with Crippen LogP contribution < -0.4 is 9.47 Å². The van der Waals surface area contributed by atoms with Crippen molar-refractivity contribution < 1.29 is 14.2 Å². The molecule has 1 saturated heterocycles. The second-order valence-electron chi connectivity index (χ2n) is 5.17. The Bertz CT molecular complexity index is 416. The average molecular weight is 293 g/mol. The monoisotopic (exact) mass is 293 g/mol. The molecule has 0 spiro atoms. The first-order chi connectivity index (χ1) is 10.3. The van der Waals surface area contributed by atoms with Crippen LogP contribution in [0.15, 0.2) is 18.2 Å². The minimum Gasteiger partial charge on any atom is -0.490 e. The van der Waals surface area contributed by atoms with E-state index in [1.165, 1.54) is 5.56 Å². The van der Waals surface area contributed by atoms with E-state index in [9.17, 15) is 0 Å². The van der Waals surface area contributed by atoms with Crippen LogP contribution in [0.3, 0.4) is 0 Å². The summed E-state index contributed by atoms with van der Waals surface area (Å²) in [7, 11) is 0. The molecule has 1 aromatic carbocycles. The van der Waals surface area contributed by atoms with Gasteiger partial charge in [0.1, 0.15) is 0 Å². The molecule has 1 aromatic rings. The summed E-state index contributed by atoms with van der Waals surface area (Å²) in [6.07, 6.45) is 2.16. The highest BCUT2D eigenvalue weighted by Gasteiger charge is 2.13. The molecule has 0 radical (unpaired) electrons. The smallest absolute Gasteiger partial charge is 0.164 e. The van der Waals surface area contributed by atoms with Crippen LogP contribution in [0.1, 0.15) is 25.8 Å². The normalized spacial score (nSPS) is 15.9. The van der Waals surface area contributed by atoms with Gasteiger partial charge in [0.2, 0.25) is 0 Å². The number of ether oxygens (including phenoxy) is 3. The lowest BCUT2D eigenvalue weighted by atomic mass is 10.1. The van der Waals surface area contributed by atoms with Crippen molar-refractivity contribution in [2.24, 2.45) is 0 Å². The van der Waals surface area contributed by atoms with Crippen LogP contribution in [0.5, 0.6) is 11.5 Å². The summed E-state index contributed by atoms with van der Waals surface area (Å²) >= 11 is 0. The third-order valence-electron chi connectivity index (χ3n) is 3.67. The SMILES string of the molecule is CCOc1cccc(CCCN2CCOCC2)c1OCC. The van der Waals surface area contributed by atoms with Gasteiger partial charge in [0.25, 0.3) is 0 Å². The predicted octanol–water partition coefficient (Wildman–Crippen LogP) is 2.75. The Kier molecular flexibility index (Phi) is 6.83. The van der Waals surface area contributed by atoms with Gasteiger partial charge < -0.3 is 14.2 Å². The maximum atomic E-state index is 5.80. The van der Waals surface area contributed by atoms with Crippen LogP contribution in [0.2, 0.25) is 0 Å². The van der Waals surface area contributed by atoms with Crippen LogP contribution in [0.25, 0.3) is 0 Å². The van der Waals surface area contributed by atoms with Crippen LogP contribution in [-0.2, 0) is 11.2 Å². The third-order valence-corrected chi connectivity index (χ3v) is 3.67. The van der Waals surface area contributed by atoms with Crippen molar-refractivity contribution in [1.29, 1.82) is 0 Å². The van der Waals surface area contributed by atoms with E-state index in [1.54, 1.807) is 0 Å². The number of morpholine rings is 1. The largest absolute Gasteiger partial charge is 0.490 e. The summed E-state index contributed by atoms with van der Waals surface area (Å²) in [5.41, 5.74) is 1.25. The molecular weight excluding hydrogens is 266 g/mol. The lowest BCUT2D eigenvalue weighted by molar-refractivity contribution is 0.0374. The fourth-order valence-corrected chi connectivity index (χ4v) is 2.65. The van der Waals surface area contributed by atoms with Crippen LogP contribution in [0, 0.1) is 0 Å². The average Bonchev–Trinajstić information content (AvgIpc) is 2.51. The number of rotatable bonds is 8. The first-order valence-corrected chi connectivity index (χ1v) is 8.02. The zero-order chi connectivity index (χ0) is 14.9. The fourth-order valence-electron chi connectivity index (χ4n) is 2.65. The summed E-state index contributed by atoms with van der Waals surface area (Å²) in [6.45, 7) is 10.3. The Morgan fingerprint density at radius 1 is 1.10 bits per heavy atom. The van der Waals surface area contributed by atoms with Gasteiger partial charge in [0, 0.05) is 13.1 Å². The highest BCUT2D eigenvalue weighted by Crippen LogP contribution is 2.32. The molecule has 4 nitrogen and oxygen atoms in total. The Hall–Kier alpha value is -1.26. The molecular formula is C17H27NO3. The van der Waals surface area contributed by atoms with Crippen LogP contribution in [0.4, 0.5) is 0 Å². The van der Waals surface area contributed by atoms with Crippen molar-refractivity contribution in [3.63, 3.8) is 0 Å². The Morgan fingerprint density at radius 3 is 2.57 bits per heavy atom. The Morgan fingerprint density at radius 2 is 1.86 bits per heavy atom. The molecule has 1 heterocycles. The Balaban J connectivity index is 1.92. The van der Waals surface area contributed by atoms with Crippen molar-refractivity contribution in [3.8, 4) is 11.5 Å². The Labute approximate surface area is 128 Å². The quantitative estimate of drug-likeness (QED) is 0.737. The summed E-state index contributed by atoms with van der Waals surface area (Å²) in [5, 5.41) is 0. The van der Waals surface area contributed by atoms with E-state index in [0.717, 1.165) is 57.2 Å². The number of hydrogen-bond donors (Lipinski definition) is 0. The zero-order valence-corrected chi connectivity index (χ0v) is 13.3. The summed E-state index contributed by atoms with van der Waals surface area (Å²) in [5.74, 6) is 1.78. The summed E-state index contributed by atoms with van der Waals surface area (Å²) < 4.78 is 16.9. The maximum absolute atomic E-state index is 5.80.